The highest BCUT2D eigenvalue weighted by atomic mass is 16.5. The van der Waals surface area contributed by atoms with Crippen LogP contribution in [0.2, 0.25) is 0 Å². The maximum Gasteiger partial charge on any atom is 0.275 e. The van der Waals surface area contributed by atoms with Crippen molar-refractivity contribution in [1.29, 1.82) is 0 Å². The largest absolute Gasteiger partial charge is 0.368 e. The van der Waals surface area contributed by atoms with Gasteiger partial charge in [-0.1, -0.05) is 12.1 Å². The number of hydrogen-bond donors (Lipinski definition) is 1. The van der Waals surface area contributed by atoms with Crippen molar-refractivity contribution in [3.8, 4) is 0 Å². The highest BCUT2D eigenvalue weighted by Gasteiger charge is 2.22. The van der Waals surface area contributed by atoms with Crippen molar-refractivity contribution >= 4 is 17.4 Å². The summed E-state index contributed by atoms with van der Waals surface area (Å²) in [5, 5.41) is 6.48. The lowest BCUT2D eigenvalue weighted by molar-refractivity contribution is 0.102. The molecule has 0 saturated carbocycles. The zero-order valence-corrected chi connectivity index (χ0v) is 13.6. The van der Waals surface area contributed by atoms with Gasteiger partial charge in [0.05, 0.1) is 0 Å². The number of aryl methyl sites for hydroxylation is 1. The van der Waals surface area contributed by atoms with E-state index in [1.807, 2.05) is 12.1 Å². The van der Waals surface area contributed by atoms with E-state index >= 15 is 0 Å². The topological polar surface area (TPSA) is 71.3 Å². The summed E-state index contributed by atoms with van der Waals surface area (Å²) < 4.78 is 4.96. The molecule has 3 rings (SSSR count). The predicted molar refractivity (Wildman–Crippen MR) is 88.7 cm³/mol. The first-order valence-corrected chi connectivity index (χ1v) is 8.14. The first-order chi connectivity index (χ1) is 11.2. The number of nitrogens with zero attached hydrogens (tertiary/aromatic N) is 3. The van der Waals surface area contributed by atoms with Gasteiger partial charge in [0, 0.05) is 30.5 Å². The van der Waals surface area contributed by atoms with Gasteiger partial charge in [-0.25, -0.2) is 0 Å². The first-order valence-electron chi connectivity index (χ1n) is 8.14. The van der Waals surface area contributed by atoms with Crippen LogP contribution in [-0.4, -0.2) is 28.6 Å². The zero-order valence-electron chi connectivity index (χ0n) is 13.6. The summed E-state index contributed by atoms with van der Waals surface area (Å²) in [5.74, 6) is 0.787. The number of pyridine rings is 1. The Morgan fingerprint density at radius 2 is 2.30 bits per heavy atom. The van der Waals surface area contributed by atoms with Crippen molar-refractivity contribution < 1.29 is 9.32 Å². The van der Waals surface area contributed by atoms with Gasteiger partial charge in [0.1, 0.15) is 11.5 Å². The van der Waals surface area contributed by atoms with Gasteiger partial charge in [-0.05, 0) is 44.7 Å². The monoisotopic (exact) mass is 314 g/mol. The molecule has 1 amide bonds. The minimum absolute atomic E-state index is 0.273. The molecule has 1 aliphatic rings. The number of piperidine rings is 1. The number of hydrogen-bond acceptors (Lipinski definition) is 5. The van der Waals surface area contributed by atoms with Crippen LogP contribution in [0, 0.1) is 6.92 Å². The molecule has 6 heteroatoms. The average Bonchev–Trinajstić information content (AvgIpc) is 2.99. The molecule has 0 bridgehead atoms. The fourth-order valence-corrected chi connectivity index (χ4v) is 3.09. The highest BCUT2D eigenvalue weighted by Crippen LogP contribution is 2.26. The van der Waals surface area contributed by atoms with Crippen molar-refractivity contribution in [2.45, 2.75) is 45.6 Å². The molecule has 0 spiro atoms. The lowest BCUT2D eigenvalue weighted by Gasteiger charge is -2.37. The summed E-state index contributed by atoms with van der Waals surface area (Å²) in [6.07, 6.45) is 6.48. The molecule has 6 nitrogen and oxygen atoms in total. The predicted octanol–water partition coefficient (Wildman–Crippen LogP) is 3.40. The maximum atomic E-state index is 12.3. The van der Waals surface area contributed by atoms with Crippen LogP contribution in [0.3, 0.4) is 0 Å². The van der Waals surface area contributed by atoms with E-state index in [0.29, 0.717) is 23.3 Å². The number of aromatic nitrogens is 2. The molecule has 2 aromatic heterocycles. The summed E-state index contributed by atoms with van der Waals surface area (Å²) in [7, 11) is 0. The fraction of sp³-hybridized carbons (Fsp3) is 0.471. The summed E-state index contributed by atoms with van der Waals surface area (Å²) in [5.41, 5.74) is 1.46. The Kier molecular flexibility index (Phi) is 4.60. The summed E-state index contributed by atoms with van der Waals surface area (Å²) >= 11 is 0. The fourth-order valence-electron chi connectivity index (χ4n) is 3.09. The minimum Gasteiger partial charge on any atom is -0.368 e. The van der Waals surface area contributed by atoms with Gasteiger partial charge in [0.15, 0.2) is 5.82 Å². The Balaban J connectivity index is 1.77. The Morgan fingerprint density at radius 1 is 1.43 bits per heavy atom. The Labute approximate surface area is 135 Å². The molecule has 1 atom stereocenters. The molecule has 122 valence electrons. The van der Waals surface area contributed by atoms with Crippen LogP contribution >= 0.6 is 0 Å². The number of amides is 1. The van der Waals surface area contributed by atoms with Gasteiger partial charge in [-0.15, -0.1) is 0 Å². The van der Waals surface area contributed by atoms with Gasteiger partial charge >= 0.3 is 0 Å². The van der Waals surface area contributed by atoms with Crippen molar-refractivity contribution in [2.75, 3.05) is 16.8 Å². The van der Waals surface area contributed by atoms with Gasteiger partial charge in [-0.2, -0.15) is 0 Å². The Morgan fingerprint density at radius 3 is 3.04 bits per heavy atom. The molecular formula is C17H22N4O2. The number of carbonyl (C=O) groups excluding carboxylic acids is 1. The molecule has 1 saturated heterocycles. The molecule has 0 aliphatic carbocycles. The summed E-state index contributed by atoms with van der Waals surface area (Å²) in [4.78, 5) is 18.9. The molecule has 1 N–H and O–H groups in total. The van der Waals surface area contributed by atoms with Crippen molar-refractivity contribution in [3.63, 3.8) is 0 Å². The van der Waals surface area contributed by atoms with E-state index in [0.717, 1.165) is 18.7 Å². The summed E-state index contributed by atoms with van der Waals surface area (Å²) in [6.45, 7) is 5.03. The van der Waals surface area contributed by atoms with E-state index in [-0.39, 0.29) is 5.91 Å². The molecule has 1 aliphatic heterocycles. The third-order valence-corrected chi connectivity index (χ3v) is 4.28. The van der Waals surface area contributed by atoms with Crippen LogP contribution in [0.4, 0.5) is 11.5 Å². The van der Waals surface area contributed by atoms with Crippen LogP contribution in [0.5, 0.6) is 0 Å². The van der Waals surface area contributed by atoms with E-state index in [1.165, 1.54) is 19.3 Å². The smallest absolute Gasteiger partial charge is 0.275 e. The number of nitrogens with one attached hydrogen (secondary N) is 1. The normalized spacial score (nSPS) is 18.0. The highest BCUT2D eigenvalue weighted by molar-refractivity contribution is 6.02. The van der Waals surface area contributed by atoms with E-state index in [9.17, 15) is 4.79 Å². The zero-order chi connectivity index (χ0) is 16.2. The second-order valence-electron chi connectivity index (χ2n) is 5.93. The molecular weight excluding hydrogens is 292 g/mol. The first kappa shape index (κ1) is 15.5. The van der Waals surface area contributed by atoms with Crippen LogP contribution in [-0.2, 0) is 0 Å². The lowest BCUT2D eigenvalue weighted by atomic mass is 9.99. The van der Waals surface area contributed by atoms with E-state index in [4.69, 9.17) is 4.52 Å². The van der Waals surface area contributed by atoms with Crippen molar-refractivity contribution in [3.05, 3.63) is 35.9 Å². The van der Waals surface area contributed by atoms with Crippen molar-refractivity contribution in [2.24, 2.45) is 0 Å². The quantitative estimate of drug-likeness (QED) is 0.936. The third kappa shape index (κ3) is 3.52. The average molecular weight is 314 g/mol. The molecule has 1 unspecified atom stereocenters. The van der Waals surface area contributed by atoms with Crippen molar-refractivity contribution in [1.82, 2.24) is 10.1 Å². The third-order valence-electron chi connectivity index (χ3n) is 4.28. The maximum absolute atomic E-state index is 12.3. The second-order valence-corrected chi connectivity index (χ2v) is 5.93. The van der Waals surface area contributed by atoms with E-state index in [2.05, 4.69) is 27.3 Å². The van der Waals surface area contributed by atoms with Gasteiger partial charge in [-0.3, -0.25) is 9.78 Å². The van der Waals surface area contributed by atoms with Crippen LogP contribution in [0.25, 0.3) is 0 Å². The standard InChI is InChI=1S/C17H22N4O2/c1-3-13-6-4-5-9-21(13)14-7-8-18-15(11-14)17(22)19-16-10-12(2)23-20-16/h7-8,10-11,13H,3-6,9H2,1-2H3,(H,19,20,22). The van der Waals surface area contributed by atoms with Gasteiger partial charge < -0.3 is 14.7 Å². The van der Waals surface area contributed by atoms with Crippen LogP contribution in [0.15, 0.2) is 28.9 Å². The number of rotatable bonds is 4. The van der Waals surface area contributed by atoms with E-state index in [1.54, 1.807) is 19.2 Å². The number of carbonyl (C=O) groups is 1. The number of anilines is 2. The second kappa shape index (κ2) is 6.81. The lowest BCUT2D eigenvalue weighted by Crippen LogP contribution is -2.39. The SMILES string of the molecule is CCC1CCCCN1c1ccnc(C(=O)Nc2cc(C)on2)c1. The Bertz CT molecular complexity index is 683. The molecule has 3 heterocycles. The minimum atomic E-state index is -0.273. The van der Waals surface area contributed by atoms with Crippen LogP contribution < -0.4 is 10.2 Å². The van der Waals surface area contributed by atoms with Crippen LogP contribution in [0.1, 0.15) is 48.9 Å². The van der Waals surface area contributed by atoms with E-state index < -0.39 is 0 Å². The molecule has 23 heavy (non-hydrogen) atoms. The van der Waals surface area contributed by atoms with Gasteiger partial charge in [0.25, 0.3) is 5.91 Å². The molecule has 0 radical (unpaired) electrons. The van der Waals surface area contributed by atoms with Gasteiger partial charge in [0.2, 0.25) is 0 Å². The molecule has 1 fully saturated rings. The molecule has 2 aromatic rings. The summed E-state index contributed by atoms with van der Waals surface area (Å²) in [6, 6.07) is 6.06. The molecule has 0 aromatic carbocycles. The Hall–Kier alpha value is -2.37.